The van der Waals surface area contributed by atoms with Crippen LogP contribution in [0.1, 0.15) is 35.4 Å². The highest BCUT2D eigenvalue weighted by Gasteiger charge is 2.35. The van der Waals surface area contributed by atoms with Crippen LogP contribution in [0.3, 0.4) is 0 Å². The van der Waals surface area contributed by atoms with Gasteiger partial charge >= 0.3 is 5.97 Å². The quantitative estimate of drug-likeness (QED) is 0.710. The molecule has 7 nitrogen and oxygen atoms in total. The van der Waals surface area contributed by atoms with Crippen molar-refractivity contribution in [2.75, 3.05) is 18.1 Å². The second kappa shape index (κ2) is 6.96. The number of carbonyl (C=O) groups excluding carboxylic acids is 1. The molecule has 0 saturated carbocycles. The largest absolute Gasteiger partial charge is 0.461 e. The van der Waals surface area contributed by atoms with Crippen LogP contribution in [0.4, 0.5) is 10.2 Å². The first kappa shape index (κ1) is 17.4. The Kier molecular flexibility index (Phi) is 4.49. The summed E-state index contributed by atoms with van der Waals surface area (Å²) in [4.78, 5) is 18.2. The monoisotopic (exact) mass is 370 g/mol. The van der Waals surface area contributed by atoms with E-state index in [1.165, 1.54) is 22.8 Å². The molecule has 0 bridgehead atoms. The highest BCUT2D eigenvalue weighted by atomic mass is 19.1. The number of imidazole rings is 1. The lowest BCUT2D eigenvalue weighted by molar-refractivity contribution is 0.0516. The van der Waals surface area contributed by atoms with Crippen LogP contribution in [0.2, 0.25) is 0 Å². The highest BCUT2D eigenvalue weighted by molar-refractivity contribution is 5.88. The van der Waals surface area contributed by atoms with Gasteiger partial charge in [0.2, 0.25) is 0 Å². The molecule has 1 saturated heterocycles. The van der Waals surface area contributed by atoms with E-state index in [0.29, 0.717) is 30.0 Å². The molecule has 27 heavy (non-hydrogen) atoms. The second-order valence-electron chi connectivity index (χ2n) is 6.37. The van der Waals surface area contributed by atoms with Crippen LogP contribution >= 0.6 is 0 Å². The van der Waals surface area contributed by atoms with E-state index in [1.807, 2.05) is 4.90 Å². The van der Waals surface area contributed by atoms with Gasteiger partial charge in [-0.15, -0.1) is 5.10 Å². The first-order chi connectivity index (χ1) is 13.1. The van der Waals surface area contributed by atoms with Gasteiger partial charge in [0, 0.05) is 6.54 Å². The number of fused-ring (bicyclic) bond motifs is 1. The summed E-state index contributed by atoms with van der Waals surface area (Å²) in [6.07, 6.45) is 1.32. The highest BCUT2D eigenvalue weighted by Crippen LogP contribution is 2.35. The van der Waals surface area contributed by atoms with Gasteiger partial charge in [-0.1, -0.05) is 12.1 Å². The molecule has 3 heterocycles. The predicted molar refractivity (Wildman–Crippen MR) is 96.1 cm³/mol. The number of anilines is 1. The molecular formula is C19H19FN4O3. The topological polar surface area (TPSA) is 80.0 Å². The molecule has 0 spiro atoms. The summed E-state index contributed by atoms with van der Waals surface area (Å²) in [6, 6.07) is 9.32. The smallest absolute Gasteiger partial charge is 0.358 e. The van der Waals surface area contributed by atoms with Crippen molar-refractivity contribution in [1.29, 1.82) is 0 Å². The van der Waals surface area contributed by atoms with E-state index in [2.05, 4.69) is 10.1 Å². The van der Waals surface area contributed by atoms with Crippen molar-refractivity contribution in [3.63, 3.8) is 0 Å². The Balaban J connectivity index is 1.74. The lowest BCUT2D eigenvalue weighted by atomic mass is 10.0. The number of aliphatic hydroxyl groups excluding tert-OH is 1. The third-order valence-electron chi connectivity index (χ3n) is 4.68. The molecule has 4 rings (SSSR count). The number of hydrogen-bond donors (Lipinski definition) is 1. The van der Waals surface area contributed by atoms with Crippen molar-refractivity contribution < 1.29 is 19.0 Å². The first-order valence-electron chi connectivity index (χ1n) is 8.80. The van der Waals surface area contributed by atoms with Gasteiger partial charge in [0.15, 0.2) is 11.3 Å². The van der Waals surface area contributed by atoms with Gasteiger partial charge in [0.05, 0.1) is 24.9 Å². The summed E-state index contributed by atoms with van der Waals surface area (Å²) in [6.45, 7) is 2.55. The molecule has 2 unspecified atom stereocenters. The Morgan fingerprint density at radius 1 is 1.37 bits per heavy atom. The van der Waals surface area contributed by atoms with Crippen LogP contribution in [0.25, 0.3) is 5.65 Å². The van der Waals surface area contributed by atoms with Crippen LogP contribution in [-0.4, -0.2) is 44.9 Å². The molecule has 0 amide bonds. The van der Waals surface area contributed by atoms with Crippen LogP contribution in [0.15, 0.2) is 42.6 Å². The zero-order valence-electron chi connectivity index (χ0n) is 14.7. The molecule has 1 aliphatic rings. The van der Waals surface area contributed by atoms with Crippen molar-refractivity contribution in [2.45, 2.75) is 25.5 Å². The Labute approximate surface area is 155 Å². The maximum atomic E-state index is 13.7. The molecule has 8 heteroatoms. The Morgan fingerprint density at radius 3 is 3.00 bits per heavy atom. The van der Waals surface area contributed by atoms with Gasteiger partial charge in [0.25, 0.3) is 0 Å². The predicted octanol–water partition coefficient (Wildman–Crippen LogP) is 2.36. The van der Waals surface area contributed by atoms with Crippen molar-refractivity contribution >= 4 is 17.4 Å². The number of halogens is 1. The average Bonchev–Trinajstić information content (AvgIpc) is 3.24. The van der Waals surface area contributed by atoms with Crippen LogP contribution in [-0.2, 0) is 4.74 Å². The first-order valence-corrected chi connectivity index (χ1v) is 8.80. The van der Waals surface area contributed by atoms with E-state index < -0.39 is 18.1 Å². The molecule has 140 valence electrons. The minimum atomic E-state index is -0.642. The fourth-order valence-corrected chi connectivity index (χ4v) is 3.49. The van der Waals surface area contributed by atoms with E-state index in [1.54, 1.807) is 31.2 Å². The van der Waals surface area contributed by atoms with Gasteiger partial charge in [0.1, 0.15) is 11.6 Å². The van der Waals surface area contributed by atoms with Gasteiger partial charge < -0.3 is 14.7 Å². The number of hydrogen-bond acceptors (Lipinski definition) is 6. The third-order valence-corrected chi connectivity index (χ3v) is 4.68. The second-order valence-corrected chi connectivity index (χ2v) is 6.37. The zero-order chi connectivity index (χ0) is 19.0. The molecule has 1 aromatic carbocycles. The normalized spacial score (nSPS) is 19.6. The fraction of sp³-hybridized carbons (Fsp3) is 0.316. The Hall–Kier alpha value is -3.00. The average molecular weight is 370 g/mol. The third kappa shape index (κ3) is 3.12. The van der Waals surface area contributed by atoms with Crippen molar-refractivity contribution in [2.24, 2.45) is 0 Å². The molecule has 2 aromatic heterocycles. The molecule has 0 aliphatic carbocycles. The SMILES string of the molecule is CCOC(=O)c1cnc2ccc(N3CCC(O)C3c3cccc(F)c3)nn12. The summed E-state index contributed by atoms with van der Waals surface area (Å²) < 4.78 is 20.2. The van der Waals surface area contributed by atoms with Crippen molar-refractivity contribution in [3.05, 3.63) is 59.7 Å². The summed E-state index contributed by atoms with van der Waals surface area (Å²) in [5.41, 5.74) is 1.43. The van der Waals surface area contributed by atoms with E-state index in [4.69, 9.17) is 4.74 Å². The number of benzene rings is 1. The number of carbonyl (C=O) groups is 1. The summed E-state index contributed by atoms with van der Waals surface area (Å²) in [7, 11) is 0. The molecule has 1 N–H and O–H groups in total. The van der Waals surface area contributed by atoms with Gasteiger partial charge in [-0.25, -0.2) is 18.7 Å². The van der Waals surface area contributed by atoms with Gasteiger partial charge in [-0.2, -0.15) is 0 Å². The van der Waals surface area contributed by atoms with Gasteiger partial charge in [-0.05, 0) is 43.2 Å². The number of aliphatic hydroxyl groups is 1. The minimum absolute atomic E-state index is 0.232. The Morgan fingerprint density at radius 2 is 2.22 bits per heavy atom. The molecule has 0 radical (unpaired) electrons. The molecule has 3 aromatic rings. The lowest BCUT2D eigenvalue weighted by Gasteiger charge is -2.27. The van der Waals surface area contributed by atoms with Crippen molar-refractivity contribution in [3.8, 4) is 0 Å². The van der Waals surface area contributed by atoms with Gasteiger partial charge in [-0.3, -0.25) is 0 Å². The summed E-state index contributed by atoms with van der Waals surface area (Å²) >= 11 is 0. The number of rotatable bonds is 4. The fourth-order valence-electron chi connectivity index (χ4n) is 3.49. The zero-order valence-corrected chi connectivity index (χ0v) is 14.7. The Bertz CT molecular complexity index is 990. The summed E-state index contributed by atoms with van der Waals surface area (Å²) in [5, 5.41) is 15.0. The van der Waals surface area contributed by atoms with E-state index in [0.717, 1.165) is 0 Å². The van der Waals surface area contributed by atoms with Crippen molar-refractivity contribution in [1.82, 2.24) is 14.6 Å². The molecular weight excluding hydrogens is 351 g/mol. The molecule has 1 aliphatic heterocycles. The van der Waals surface area contributed by atoms with Crippen LogP contribution in [0.5, 0.6) is 0 Å². The molecule has 1 fully saturated rings. The van der Waals surface area contributed by atoms with Crippen LogP contribution in [0, 0.1) is 5.82 Å². The number of esters is 1. The van der Waals surface area contributed by atoms with Crippen LogP contribution < -0.4 is 4.90 Å². The summed E-state index contributed by atoms with van der Waals surface area (Å²) in [5.74, 6) is -0.288. The number of ether oxygens (including phenoxy) is 1. The standard InChI is InChI=1S/C19H19FN4O3/c1-2-27-19(26)14-11-21-16-6-7-17(22-24(14)16)23-9-8-15(25)18(23)12-4-3-5-13(20)10-12/h3-7,10-11,15,18,25H,2,8-9H2,1H3. The molecule has 2 atom stereocenters. The van der Waals surface area contributed by atoms with E-state index >= 15 is 0 Å². The minimum Gasteiger partial charge on any atom is -0.461 e. The number of nitrogens with zero attached hydrogens (tertiary/aromatic N) is 4. The van der Waals surface area contributed by atoms with E-state index in [-0.39, 0.29) is 18.1 Å². The lowest BCUT2D eigenvalue weighted by Crippen LogP contribution is -2.28. The maximum absolute atomic E-state index is 13.7. The van der Waals surface area contributed by atoms with E-state index in [9.17, 15) is 14.3 Å². The maximum Gasteiger partial charge on any atom is 0.358 e. The number of aromatic nitrogens is 3.